The zero-order valence-electron chi connectivity index (χ0n) is 10.5. The van der Waals surface area contributed by atoms with Crippen molar-refractivity contribution in [3.63, 3.8) is 0 Å². The van der Waals surface area contributed by atoms with Crippen LogP contribution in [-0.2, 0) is 4.79 Å². The average molecular weight is 289 g/mol. The summed E-state index contributed by atoms with van der Waals surface area (Å²) in [6.45, 7) is 2.90. The number of hydrogen-bond donors (Lipinski definition) is 3. The minimum atomic E-state index is -1.09. The van der Waals surface area contributed by atoms with E-state index in [0.717, 1.165) is 12.1 Å². The molecule has 0 atom stereocenters. The standard InChI is InChI=1S/C12H14ClFN2O3/c1-12(2,10(17)18)6-15-11(19)16-9-4-7(13)3-8(14)5-9/h3-5H,6H2,1-2H3,(H,17,18)(H2,15,16,19). The van der Waals surface area contributed by atoms with Gasteiger partial charge in [-0.15, -0.1) is 0 Å². The van der Waals surface area contributed by atoms with E-state index >= 15 is 0 Å². The highest BCUT2D eigenvalue weighted by Crippen LogP contribution is 2.18. The Balaban J connectivity index is 2.59. The minimum absolute atomic E-state index is 0.0583. The fourth-order valence-electron chi connectivity index (χ4n) is 1.18. The molecule has 0 heterocycles. The molecule has 1 aromatic carbocycles. The van der Waals surface area contributed by atoms with Crippen LogP contribution in [0.15, 0.2) is 18.2 Å². The first-order valence-electron chi connectivity index (χ1n) is 5.45. The lowest BCUT2D eigenvalue weighted by Crippen LogP contribution is -2.40. The monoisotopic (exact) mass is 288 g/mol. The van der Waals surface area contributed by atoms with Gasteiger partial charge in [-0.05, 0) is 32.0 Å². The Morgan fingerprint density at radius 3 is 2.53 bits per heavy atom. The summed E-state index contributed by atoms with van der Waals surface area (Å²) in [6, 6.07) is 2.97. The summed E-state index contributed by atoms with van der Waals surface area (Å²) in [4.78, 5) is 22.4. The molecule has 5 nitrogen and oxygen atoms in total. The Kier molecular flexibility index (Phi) is 4.72. The smallest absolute Gasteiger partial charge is 0.319 e. The first-order valence-corrected chi connectivity index (χ1v) is 5.83. The number of halogens is 2. The van der Waals surface area contributed by atoms with Gasteiger partial charge in [-0.3, -0.25) is 4.79 Å². The number of benzene rings is 1. The molecule has 104 valence electrons. The molecule has 0 aliphatic heterocycles. The van der Waals surface area contributed by atoms with Crippen LogP contribution in [0.25, 0.3) is 0 Å². The van der Waals surface area contributed by atoms with E-state index in [1.807, 2.05) is 0 Å². The van der Waals surface area contributed by atoms with Crippen molar-refractivity contribution in [1.82, 2.24) is 5.32 Å². The minimum Gasteiger partial charge on any atom is -0.481 e. The Bertz CT molecular complexity index is 485. The number of carboxylic acid groups (broad SMARTS) is 1. The van der Waals surface area contributed by atoms with E-state index in [1.54, 1.807) is 0 Å². The van der Waals surface area contributed by atoms with Crippen molar-refractivity contribution in [3.8, 4) is 0 Å². The highest BCUT2D eigenvalue weighted by atomic mass is 35.5. The van der Waals surface area contributed by atoms with E-state index in [-0.39, 0.29) is 17.3 Å². The van der Waals surface area contributed by atoms with Crippen molar-refractivity contribution in [2.75, 3.05) is 11.9 Å². The number of aliphatic carboxylic acids is 1. The molecular weight excluding hydrogens is 275 g/mol. The van der Waals surface area contributed by atoms with Crippen LogP contribution in [0.1, 0.15) is 13.8 Å². The van der Waals surface area contributed by atoms with E-state index in [9.17, 15) is 14.0 Å². The average Bonchev–Trinajstić information content (AvgIpc) is 2.24. The van der Waals surface area contributed by atoms with Crippen LogP contribution < -0.4 is 10.6 Å². The summed E-state index contributed by atoms with van der Waals surface area (Å²) >= 11 is 5.64. The van der Waals surface area contributed by atoms with Crippen LogP contribution in [0.2, 0.25) is 5.02 Å². The maximum absolute atomic E-state index is 13.0. The van der Waals surface area contributed by atoms with Gasteiger partial charge < -0.3 is 15.7 Å². The fraction of sp³-hybridized carbons (Fsp3) is 0.333. The van der Waals surface area contributed by atoms with Gasteiger partial charge in [-0.25, -0.2) is 9.18 Å². The van der Waals surface area contributed by atoms with Gasteiger partial charge in [-0.2, -0.15) is 0 Å². The molecule has 1 rings (SSSR count). The first-order chi connectivity index (χ1) is 8.70. The van der Waals surface area contributed by atoms with Gasteiger partial charge in [0.15, 0.2) is 0 Å². The molecule has 0 fully saturated rings. The predicted octanol–water partition coefficient (Wildman–Crippen LogP) is 2.71. The quantitative estimate of drug-likeness (QED) is 0.797. The Morgan fingerprint density at radius 1 is 1.37 bits per heavy atom. The maximum atomic E-state index is 13.0. The number of anilines is 1. The lowest BCUT2D eigenvalue weighted by molar-refractivity contribution is -0.146. The molecule has 7 heteroatoms. The van der Waals surface area contributed by atoms with Crippen molar-refractivity contribution < 1.29 is 19.1 Å². The highest BCUT2D eigenvalue weighted by Gasteiger charge is 2.27. The van der Waals surface area contributed by atoms with E-state index < -0.39 is 23.2 Å². The molecule has 19 heavy (non-hydrogen) atoms. The molecule has 0 radical (unpaired) electrons. The molecule has 0 unspecified atom stereocenters. The van der Waals surface area contributed by atoms with Crippen molar-refractivity contribution in [1.29, 1.82) is 0 Å². The molecule has 2 amide bonds. The molecule has 0 bridgehead atoms. The van der Waals surface area contributed by atoms with Crippen LogP contribution in [0.5, 0.6) is 0 Å². The number of rotatable bonds is 4. The summed E-state index contributed by atoms with van der Waals surface area (Å²) in [5.74, 6) is -1.60. The molecule has 0 saturated heterocycles. The summed E-state index contributed by atoms with van der Waals surface area (Å²) < 4.78 is 13.0. The first kappa shape index (κ1) is 15.2. The molecule has 0 saturated carbocycles. The van der Waals surface area contributed by atoms with Crippen molar-refractivity contribution in [2.24, 2.45) is 5.41 Å². The number of hydrogen-bond acceptors (Lipinski definition) is 2. The summed E-state index contributed by atoms with van der Waals surface area (Å²) in [6.07, 6.45) is 0. The number of urea groups is 1. The third kappa shape index (κ3) is 4.75. The van der Waals surface area contributed by atoms with Crippen LogP contribution >= 0.6 is 11.6 Å². The van der Waals surface area contributed by atoms with Gasteiger partial charge >= 0.3 is 12.0 Å². The normalized spacial score (nSPS) is 10.9. The topological polar surface area (TPSA) is 78.4 Å². The number of amides is 2. The van der Waals surface area contributed by atoms with E-state index in [4.69, 9.17) is 16.7 Å². The van der Waals surface area contributed by atoms with Gasteiger partial charge in [0.1, 0.15) is 5.82 Å². The van der Waals surface area contributed by atoms with Crippen LogP contribution in [-0.4, -0.2) is 23.7 Å². The second-order valence-corrected chi connectivity index (χ2v) is 5.09. The lowest BCUT2D eigenvalue weighted by atomic mass is 9.94. The van der Waals surface area contributed by atoms with Gasteiger partial charge in [0.05, 0.1) is 5.41 Å². The van der Waals surface area contributed by atoms with Crippen molar-refractivity contribution >= 4 is 29.3 Å². The summed E-state index contributed by atoms with van der Waals surface area (Å²) in [5.41, 5.74) is -0.896. The zero-order valence-corrected chi connectivity index (χ0v) is 11.2. The molecule has 0 aliphatic carbocycles. The highest BCUT2D eigenvalue weighted by molar-refractivity contribution is 6.30. The number of nitrogens with one attached hydrogen (secondary N) is 2. The van der Waals surface area contributed by atoms with Crippen molar-refractivity contribution in [2.45, 2.75) is 13.8 Å². The predicted molar refractivity (Wildman–Crippen MR) is 69.8 cm³/mol. The summed E-state index contributed by atoms with van der Waals surface area (Å²) in [5, 5.41) is 13.8. The van der Waals surface area contributed by atoms with E-state index in [1.165, 1.54) is 19.9 Å². The van der Waals surface area contributed by atoms with E-state index in [0.29, 0.717) is 0 Å². The second kappa shape index (κ2) is 5.88. The second-order valence-electron chi connectivity index (χ2n) is 4.65. The molecule has 0 aromatic heterocycles. The third-order valence-electron chi connectivity index (χ3n) is 2.39. The van der Waals surface area contributed by atoms with Gasteiger partial charge in [0.2, 0.25) is 0 Å². The number of carboxylic acids is 1. The fourth-order valence-corrected chi connectivity index (χ4v) is 1.40. The number of carbonyl (C=O) groups is 2. The van der Waals surface area contributed by atoms with Crippen LogP contribution in [0.4, 0.5) is 14.9 Å². The zero-order chi connectivity index (χ0) is 14.6. The lowest BCUT2D eigenvalue weighted by Gasteiger charge is -2.19. The van der Waals surface area contributed by atoms with Crippen LogP contribution in [0, 0.1) is 11.2 Å². The summed E-state index contributed by atoms with van der Waals surface area (Å²) in [7, 11) is 0. The van der Waals surface area contributed by atoms with Gasteiger partial charge in [0.25, 0.3) is 0 Å². The molecule has 0 aliphatic rings. The van der Waals surface area contributed by atoms with Crippen LogP contribution in [0.3, 0.4) is 0 Å². The van der Waals surface area contributed by atoms with Crippen molar-refractivity contribution in [3.05, 3.63) is 29.0 Å². The molecule has 0 spiro atoms. The van der Waals surface area contributed by atoms with E-state index in [2.05, 4.69) is 10.6 Å². The molecule has 3 N–H and O–H groups in total. The van der Waals surface area contributed by atoms with Gasteiger partial charge in [0, 0.05) is 17.3 Å². The largest absolute Gasteiger partial charge is 0.481 e. The third-order valence-corrected chi connectivity index (χ3v) is 2.61. The Hall–Kier alpha value is -1.82. The van der Waals surface area contributed by atoms with Gasteiger partial charge in [-0.1, -0.05) is 11.6 Å². The Labute approximate surface area is 114 Å². The molecular formula is C12H14ClFN2O3. The SMILES string of the molecule is CC(C)(CNC(=O)Nc1cc(F)cc(Cl)c1)C(=O)O. The number of carbonyl (C=O) groups excluding carboxylic acids is 1. The molecule has 1 aromatic rings. The maximum Gasteiger partial charge on any atom is 0.319 e. The Morgan fingerprint density at radius 2 is 2.00 bits per heavy atom.